The van der Waals surface area contributed by atoms with Crippen LogP contribution in [-0.2, 0) is 0 Å². The number of benzene rings is 1. The first kappa shape index (κ1) is 20.0. The summed E-state index contributed by atoms with van der Waals surface area (Å²) in [7, 11) is 0. The molecule has 1 aromatic heterocycles. The first-order valence-electron chi connectivity index (χ1n) is 9.42. The van der Waals surface area contributed by atoms with Crippen molar-refractivity contribution in [1.29, 1.82) is 0 Å². The van der Waals surface area contributed by atoms with E-state index in [9.17, 15) is 4.79 Å². The highest BCUT2D eigenvalue weighted by Gasteiger charge is 2.17. The third-order valence-electron chi connectivity index (χ3n) is 4.33. The van der Waals surface area contributed by atoms with E-state index in [1.807, 2.05) is 6.07 Å². The molecule has 0 saturated carbocycles. The Balaban J connectivity index is 2.29. The van der Waals surface area contributed by atoms with Gasteiger partial charge in [0.1, 0.15) is 0 Å². The molecule has 0 bridgehead atoms. The Morgan fingerprint density at radius 3 is 2.15 bits per heavy atom. The lowest BCUT2D eigenvalue weighted by atomic mass is 9.92. The zero-order valence-corrected chi connectivity index (χ0v) is 16.8. The van der Waals surface area contributed by atoms with Gasteiger partial charge in [-0.1, -0.05) is 59.7 Å². The Kier molecular flexibility index (Phi) is 6.78. The van der Waals surface area contributed by atoms with E-state index in [-0.39, 0.29) is 5.91 Å². The Hall–Kier alpha value is -2.36. The van der Waals surface area contributed by atoms with E-state index in [0.717, 1.165) is 29.0 Å². The molecule has 1 aromatic carbocycles. The molecule has 2 N–H and O–H groups in total. The van der Waals surface area contributed by atoms with Crippen LogP contribution in [0.1, 0.15) is 74.9 Å². The van der Waals surface area contributed by atoms with Crippen LogP contribution in [0.4, 0.5) is 11.4 Å². The molecular weight excluding hydrogens is 322 g/mol. The second kappa shape index (κ2) is 8.84. The van der Waals surface area contributed by atoms with E-state index < -0.39 is 0 Å². The lowest BCUT2D eigenvalue weighted by Gasteiger charge is -2.20. The van der Waals surface area contributed by atoms with Gasteiger partial charge in [0, 0.05) is 24.6 Å². The smallest absolute Gasteiger partial charge is 0.257 e. The minimum atomic E-state index is -0.124. The lowest BCUT2D eigenvalue weighted by Crippen LogP contribution is -2.17. The summed E-state index contributed by atoms with van der Waals surface area (Å²) < 4.78 is 0. The van der Waals surface area contributed by atoms with Crippen molar-refractivity contribution in [2.45, 2.75) is 53.4 Å². The maximum Gasteiger partial charge on any atom is 0.257 e. The predicted octanol–water partition coefficient (Wildman–Crippen LogP) is 5.65. The predicted molar refractivity (Wildman–Crippen MR) is 110 cm³/mol. The van der Waals surface area contributed by atoms with E-state index in [4.69, 9.17) is 0 Å². The molecule has 0 radical (unpaired) electrons. The Labute approximate surface area is 157 Å². The van der Waals surface area contributed by atoms with Crippen LogP contribution < -0.4 is 10.6 Å². The Bertz CT molecular complexity index is 725. The normalized spacial score (nSPS) is 11.3. The average Bonchev–Trinajstić information content (AvgIpc) is 2.59. The van der Waals surface area contributed by atoms with E-state index in [1.54, 1.807) is 12.4 Å². The first-order valence-corrected chi connectivity index (χ1v) is 9.42. The number of nitrogens with one attached hydrogen (secondary N) is 2. The third-order valence-corrected chi connectivity index (χ3v) is 4.33. The highest BCUT2D eigenvalue weighted by Crippen LogP contribution is 2.32. The van der Waals surface area contributed by atoms with Crippen molar-refractivity contribution in [3.8, 4) is 0 Å². The van der Waals surface area contributed by atoms with Gasteiger partial charge in [-0.15, -0.1) is 0 Å². The minimum absolute atomic E-state index is 0.124. The molecule has 2 aromatic rings. The highest BCUT2D eigenvalue weighted by atomic mass is 16.1. The largest absolute Gasteiger partial charge is 0.384 e. The molecule has 0 aliphatic carbocycles. The molecule has 0 aliphatic rings. The van der Waals surface area contributed by atoms with Crippen molar-refractivity contribution in [3.63, 3.8) is 0 Å². The molecule has 26 heavy (non-hydrogen) atoms. The van der Waals surface area contributed by atoms with E-state index in [2.05, 4.69) is 75.4 Å². The SMILES string of the molecule is CC(C)CNc1cncc(C(=O)Nc2c(C(C)C)cccc2C(C)C)c1. The summed E-state index contributed by atoms with van der Waals surface area (Å²) in [5.41, 5.74) is 4.68. The molecule has 0 fully saturated rings. The molecular formula is C22H31N3O. The summed E-state index contributed by atoms with van der Waals surface area (Å²) in [6.07, 6.45) is 3.36. The maximum atomic E-state index is 12.9. The van der Waals surface area contributed by atoms with E-state index in [1.165, 1.54) is 0 Å². The second-order valence-corrected chi connectivity index (χ2v) is 7.81. The van der Waals surface area contributed by atoms with Crippen LogP contribution in [0.2, 0.25) is 0 Å². The van der Waals surface area contributed by atoms with Gasteiger partial charge in [-0.2, -0.15) is 0 Å². The number of hydrogen-bond acceptors (Lipinski definition) is 3. The zero-order valence-electron chi connectivity index (χ0n) is 16.8. The highest BCUT2D eigenvalue weighted by molar-refractivity contribution is 6.05. The van der Waals surface area contributed by atoms with Gasteiger partial charge < -0.3 is 10.6 Å². The molecule has 0 atom stereocenters. The summed E-state index contributed by atoms with van der Waals surface area (Å²) in [5, 5.41) is 6.46. The Morgan fingerprint density at radius 2 is 1.62 bits per heavy atom. The van der Waals surface area contributed by atoms with E-state index >= 15 is 0 Å². The van der Waals surface area contributed by atoms with E-state index in [0.29, 0.717) is 23.3 Å². The molecule has 4 heteroatoms. The number of rotatable bonds is 7. The summed E-state index contributed by atoms with van der Waals surface area (Å²) in [5.74, 6) is 1.07. The molecule has 0 unspecified atom stereocenters. The molecule has 140 valence electrons. The summed E-state index contributed by atoms with van der Waals surface area (Å²) in [6.45, 7) is 13.7. The van der Waals surface area contributed by atoms with Crippen molar-refractivity contribution in [2.75, 3.05) is 17.2 Å². The van der Waals surface area contributed by atoms with Crippen molar-refractivity contribution in [3.05, 3.63) is 53.3 Å². The summed E-state index contributed by atoms with van der Waals surface area (Å²) in [6, 6.07) is 8.10. The van der Waals surface area contributed by atoms with Gasteiger partial charge in [0.05, 0.1) is 11.3 Å². The second-order valence-electron chi connectivity index (χ2n) is 7.81. The van der Waals surface area contributed by atoms with Gasteiger partial charge in [0.25, 0.3) is 5.91 Å². The fraction of sp³-hybridized carbons (Fsp3) is 0.455. The minimum Gasteiger partial charge on any atom is -0.384 e. The van der Waals surface area contributed by atoms with Gasteiger partial charge in [0.15, 0.2) is 0 Å². The number of amides is 1. The number of para-hydroxylation sites is 1. The molecule has 0 saturated heterocycles. The first-order chi connectivity index (χ1) is 12.3. The van der Waals surface area contributed by atoms with Crippen LogP contribution in [0.25, 0.3) is 0 Å². The standard InChI is InChI=1S/C22H31N3O/c1-14(2)11-24-18-10-17(12-23-13-18)22(26)25-21-19(15(3)4)8-7-9-20(21)16(5)6/h7-10,12-16,24H,11H2,1-6H3,(H,25,26). The van der Waals surface area contributed by atoms with Crippen molar-refractivity contribution in [2.24, 2.45) is 5.92 Å². The van der Waals surface area contributed by atoms with Crippen LogP contribution in [0.15, 0.2) is 36.7 Å². The number of anilines is 2. The molecule has 2 rings (SSSR count). The van der Waals surface area contributed by atoms with Crippen molar-refractivity contribution in [1.82, 2.24) is 4.98 Å². The zero-order chi connectivity index (χ0) is 19.3. The van der Waals surface area contributed by atoms with Crippen molar-refractivity contribution >= 4 is 17.3 Å². The van der Waals surface area contributed by atoms with Gasteiger partial charge in [-0.05, 0) is 34.9 Å². The monoisotopic (exact) mass is 353 g/mol. The maximum absolute atomic E-state index is 12.9. The summed E-state index contributed by atoms with van der Waals surface area (Å²) >= 11 is 0. The third kappa shape index (κ3) is 5.07. The van der Waals surface area contributed by atoms with Crippen LogP contribution in [0.5, 0.6) is 0 Å². The van der Waals surface area contributed by atoms with Gasteiger partial charge in [-0.3, -0.25) is 9.78 Å². The van der Waals surface area contributed by atoms with Crippen molar-refractivity contribution < 1.29 is 4.79 Å². The van der Waals surface area contributed by atoms with Gasteiger partial charge >= 0.3 is 0 Å². The number of nitrogens with zero attached hydrogens (tertiary/aromatic N) is 1. The molecule has 4 nitrogen and oxygen atoms in total. The lowest BCUT2D eigenvalue weighted by molar-refractivity contribution is 0.102. The van der Waals surface area contributed by atoms with Gasteiger partial charge in [-0.25, -0.2) is 0 Å². The fourth-order valence-electron chi connectivity index (χ4n) is 2.86. The van der Waals surface area contributed by atoms with Crippen LogP contribution >= 0.6 is 0 Å². The average molecular weight is 354 g/mol. The van der Waals surface area contributed by atoms with Gasteiger partial charge in [0.2, 0.25) is 0 Å². The van der Waals surface area contributed by atoms with Crippen LogP contribution in [-0.4, -0.2) is 17.4 Å². The molecule has 1 amide bonds. The van der Waals surface area contributed by atoms with Crippen LogP contribution in [0.3, 0.4) is 0 Å². The number of pyridine rings is 1. The van der Waals surface area contributed by atoms with Crippen LogP contribution in [0, 0.1) is 5.92 Å². The Morgan fingerprint density at radius 1 is 1.00 bits per heavy atom. The topological polar surface area (TPSA) is 54.0 Å². The number of aromatic nitrogens is 1. The number of carbonyl (C=O) groups is 1. The fourth-order valence-corrected chi connectivity index (χ4v) is 2.86. The molecule has 1 heterocycles. The number of carbonyl (C=O) groups excluding carboxylic acids is 1. The summed E-state index contributed by atoms with van der Waals surface area (Å²) in [4.78, 5) is 17.1. The molecule has 0 aliphatic heterocycles. The quantitative estimate of drug-likeness (QED) is 0.676. The number of hydrogen-bond donors (Lipinski definition) is 2. The molecule has 0 spiro atoms.